The largest absolute Gasteiger partial charge is 0.381 e. The molecule has 0 radical (unpaired) electrons. The van der Waals surface area contributed by atoms with E-state index >= 15 is 0 Å². The Morgan fingerprint density at radius 1 is 1.43 bits per heavy atom. The number of hydrogen-bond donors (Lipinski definition) is 1. The first-order valence-electron chi connectivity index (χ1n) is 8.58. The van der Waals surface area contributed by atoms with Gasteiger partial charge in [-0.3, -0.25) is 5.32 Å². The van der Waals surface area contributed by atoms with Crippen molar-refractivity contribution >= 4 is 0 Å². The zero-order valence-corrected chi connectivity index (χ0v) is 14.2. The first-order valence-corrected chi connectivity index (χ1v) is 8.58. The molecule has 1 saturated heterocycles. The maximum absolute atomic E-state index is 9.49. The van der Waals surface area contributed by atoms with Gasteiger partial charge in [0, 0.05) is 13.2 Å². The highest BCUT2D eigenvalue weighted by Crippen LogP contribution is 2.18. The summed E-state index contributed by atoms with van der Waals surface area (Å²) in [4.78, 5) is 2.40. The van der Waals surface area contributed by atoms with Gasteiger partial charge in [0.1, 0.15) is 5.54 Å². The van der Waals surface area contributed by atoms with Crippen LogP contribution in [0.4, 0.5) is 0 Å². The molecule has 0 aromatic rings. The summed E-state index contributed by atoms with van der Waals surface area (Å²) in [5, 5.41) is 12.9. The highest BCUT2D eigenvalue weighted by molar-refractivity contribution is 5.06. The molecule has 1 fully saturated rings. The minimum Gasteiger partial charge on any atom is -0.381 e. The molecule has 1 rings (SSSR count). The molecule has 4 heteroatoms. The molecule has 0 amide bonds. The summed E-state index contributed by atoms with van der Waals surface area (Å²) in [6, 6.07) is 2.51. The van der Waals surface area contributed by atoms with Crippen LogP contribution in [-0.2, 0) is 4.74 Å². The van der Waals surface area contributed by atoms with E-state index < -0.39 is 0 Å². The van der Waals surface area contributed by atoms with E-state index in [0.717, 1.165) is 58.5 Å². The van der Waals surface area contributed by atoms with Gasteiger partial charge in [-0.05, 0) is 64.6 Å². The molecule has 122 valence electrons. The van der Waals surface area contributed by atoms with Crippen LogP contribution < -0.4 is 5.32 Å². The number of hydrogen-bond acceptors (Lipinski definition) is 4. The molecule has 1 aliphatic heterocycles. The van der Waals surface area contributed by atoms with Crippen molar-refractivity contribution in [1.82, 2.24) is 10.2 Å². The molecule has 2 unspecified atom stereocenters. The average molecular weight is 295 g/mol. The van der Waals surface area contributed by atoms with Crippen LogP contribution in [0.1, 0.15) is 52.4 Å². The molecule has 0 aliphatic carbocycles. The molecule has 1 heterocycles. The van der Waals surface area contributed by atoms with Crippen LogP contribution in [0.3, 0.4) is 0 Å². The van der Waals surface area contributed by atoms with Gasteiger partial charge in [0.25, 0.3) is 0 Å². The molecule has 0 aromatic heterocycles. The Bertz CT molecular complexity index is 310. The van der Waals surface area contributed by atoms with Crippen LogP contribution in [0.25, 0.3) is 0 Å². The normalized spacial score (nSPS) is 22.0. The second-order valence-corrected chi connectivity index (χ2v) is 6.42. The summed E-state index contributed by atoms with van der Waals surface area (Å²) in [6.45, 7) is 9.21. The minimum atomic E-state index is -0.329. The van der Waals surface area contributed by atoms with Crippen LogP contribution >= 0.6 is 0 Å². The van der Waals surface area contributed by atoms with Gasteiger partial charge >= 0.3 is 0 Å². The van der Waals surface area contributed by atoms with E-state index in [9.17, 15) is 5.26 Å². The van der Waals surface area contributed by atoms with Gasteiger partial charge < -0.3 is 9.64 Å². The highest BCUT2D eigenvalue weighted by Gasteiger charge is 2.26. The van der Waals surface area contributed by atoms with E-state index in [4.69, 9.17) is 4.74 Å². The molecule has 1 N–H and O–H groups in total. The number of nitrogens with one attached hydrogen (secondary N) is 1. The Morgan fingerprint density at radius 2 is 2.24 bits per heavy atom. The highest BCUT2D eigenvalue weighted by atomic mass is 16.5. The summed E-state index contributed by atoms with van der Waals surface area (Å²) in [6.07, 6.45) is 6.45. The Hall–Kier alpha value is -0.630. The van der Waals surface area contributed by atoms with Crippen molar-refractivity contribution in [2.24, 2.45) is 5.92 Å². The third-order valence-electron chi connectivity index (χ3n) is 4.50. The van der Waals surface area contributed by atoms with Crippen molar-refractivity contribution < 1.29 is 4.74 Å². The first kappa shape index (κ1) is 18.4. The van der Waals surface area contributed by atoms with Crippen molar-refractivity contribution in [3.8, 4) is 6.07 Å². The van der Waals surface area contributed by atoms with E-state index in [1.54, 1.807) is 0 Å². The van der Waals surface area contributed by atoms with Crippen molar-refractivity contribution in [2.75, 3.05) is 39.9 Å². The molecule has 21 heavy (non-hydrogen) atoms. The summed E-state index contributed by atoms with van der Waals surface area (Å²) < 4.78 is 5.54. The summed E-state index contributed by atoms with van der Waals surface area (Å²) in [5.41, 5.74) is -0.329. The summed E-state index contributed by atoms with van der Waals surface area (Å²) in [5.74, 6) is 0.689. The van der Waals surface area contributed by atoms with Crippen molar-refractivity contribution in [3.63, 3.8) is 0 Å². The fourth-order valence-corrected chi connectivity index (χ4v) is 3.06. The van der Waals surface area contributed by atoms with Gasteiger partial charge in [-0.25, -0.2) is 0 Å². The SMILES string of the molecule is CCCNC(C#N)(CC)CCCN(C)CC1CCCOC1. The lowest BCUT2D eigenvalue weighted by molar-refractivity contribution is 0.0417. The molecule has 0 bridgehead atoms. The van der Waals surface area contributed by atoms with Gasteiger partial charge in [-0.1, -0.05) is 13.8 Å². The molecule has 4 nitrogen and oxygen atoms in total. The summed E-state index contributed by atoms with van der Waals surface area (Å²) in [7, 11) is 2.19. The molecule has 0 spiro atoms. The van der Waals surface area contributed by atoms with Crippen molar-refractivity contribution in [1.29, 1.82) is 5.26 Å². The third kappa shape index (κ3) is 6.78. The standard InChI is InChI=1S/C17H33N3O/c1-4-10-19-17(5-2,15-18)9-7-11-20(3)13-16-8-6-12-21-14-16/h16,19H,4-14H2,1-3H3. The fraction of sp³-hybridized carbons (Fsp3) is 0.941. The van der Waals surface area contributed by atoms with Crippen molar-refractivity contribution in [2.45, 2.75) is 57.9 Å². The summed E-state index contributed by atoms with van der Waals surface area (Å²) >= 11 is 0. The Balaban J connectivity index is 2.27. The Morgan fingerprint density at radius 3 is 2.81 bits per heavy atom. The second kappa shape index (κ2) is 10.2. The number of rotatable bonds is 10. The smallest absolute Gasteiger partial charge is 0.106 e. The van der Waals surface area contributed by atoms with Crippen molar-refractivity contribution in [3.05, 3.63) is 0 Å². The van der Waals surface area contributed by atoms with Gasteiger partial charge in [0.2, 0.25) is 0 Å². The molecule has 2 atom stereocenters. The van der Waals surface area contributed by atoms with Gasteiger partial charge in [0.15, 0.2) is 0 Å². The monoisotopic (exact) mass is 295 g/mol. The third-order valence-corrected chi connectivity index (χ3v) is 4.50. The Kier molecular flexibility index (Phi) is 8.91. The molecule has 1 aliphatic rings. The molecular weight excluding hydrogens is 262 g/mol. The molecule has 0 saturated carbocycles. The lowest BCUT2D eigenvalue weighted by Gasteiger charge is -2.29. The molecule has 0 aromatic carbocycles. The maximum Gasteiger partial charge on any atom is 0.106 e. The van der Waals surface area contributed by atoms with Crippen LogP contribution in [-0.4, -0.2) is 50.3 Å². The second-order valence-electron chi connectivity index (χ2n) is 6.42. The van der Waals surface area contributed by atoms with Gasteiger partial charge in [0.05, 0.1) is 12.7 Å². The zero-order chi connectivity index (χ0) is 15.6. The van der Waals surface area contributed by atoms with E-state index in [0.29, 0.717) is 5.92 Å². The van der Waals surface area contributed by atoms with E-state index in [-0.39, 0.29) is 5.54 Å². The predicted molar refractivity (Wildman–Crippen MR) is 87.2 cm³/mol. The minimum absolute atomic E-state index is 0.329. The number of ether oxygens (including phenoxy) is 1. The van der Waals surface area contributed by atoms with Crippen LogP contribution in [0.2, 0.25) is 0 Å². The zero-order valence-electron chi connectivity index (χ0n) is 14.2. The number of nitrogens with zero attached hydrogens (tertiary/aromatic N) is 2. The maximum atomic E-state index is 9.49. The lowest BCUT2D eigenvalue weighted by Crippen LogP contribution is -2.44. The molecular formula is C17H33N3O. The van der Waals surface area contributed by atoms with E-state index in [1.165, 1.54) is 12.8 Å². The van der Waals surface area contributed by atoms with Crippen LogP contribution in [0, 0.1) is 17.2 Å². The quantitative estimate of drug-likeness (QED) is 0.673. The lowest BCUT2D eigenvalue weighted by atomic mass is 9.91. The predicted octanol–water partition coefficient (Wildman–Crippen LogP) is 2.80. The van der Waals surface area contributed by atoms with Crippen LogP contribution in [0.15, 0.2) is 0 Å². The van der Waals surface area contributed by atoms with Gasteiger partial charge in [-0.2, -0.15) is 5.26 Å². The van der Waals surface area contributed by atoms with E-state index in [1.807, 2.05) is 0 Å². The van der Waals surface area contributed by atoms with Crippen LogP contribution in [0.5, 0.6) is 0 Å². The number of nitriles is 1. The van der Waals surface area contributed by atoms with Gasteiger partial charge in [-0.15, -0.1) is 0 Å². The topological polar surface area (TPSA) is 48.3 Å². The fourth-order valence-electron chi connectivity index (χ4n) is 3.06. The van der Waals surface area contributed by atoms with E-state index in [2.05, 4.69) is 37.2 Å². The average Bonchev–Trinajstić information content (AvgIpc) is 2.52. The Labute approximate surface area is 130 Å². The first-order chi connectivity index (χ1) is 10.2.